The number of ether oxygens (including phenoxy) is 3. The Morgan fingerprint density at radius 3 is 2.53 bits per heavy atom. The second kappa shape index (κ2) is 6.50. The van der Waals surface area contributed by atoms with E-state index in [1.165, 1.54) is 7.11 Å². The molecule has 0 saturated carbocycles. The Hall–Kier alpha value is -1.65. The first-order valence-corrected chi connectivity index (χ1v) is 6.27. The Balaban J connectivity index is 1.96. The summed E-state index contributed by atoms with van der Waals surface area (Å²) in [4.78, 5) is 11.3. The summed E-state index contributed by atoms with van der Waals surface area (Å²) in [5.41, 5.74) is 1.43. The van der Waals surface area contributed by atoms with E-state index in [1.807, 2.05) is 18.2 Å². The van der Waals surface area contributed by atoms with Gasteiger partial charge in [0.15, 0.2) is 6.29 Å². The maximum Gasteiger partial charge on any atom is 0.337 e. The second-order valence-corrected chi connectivity index (χ2v) is 4.50. The zero-order valence-electron chi connectivity index (χ0n) is 11.0. The standard InChI is InChI=1S/C15H18O4/c1-3-4-11-9-18-15(19-10-11)13-7-5-12(6-8-13)14(16)17-2/h3,5-8,11,15H,1,4,9-10H2,2H3. The molecular weight excluding hydrogens is 244 g/mol. The van der Waals surface area contributed by atoms with Crippen LogP contribution in [0.25, 0.3) is 0 Å². The molecule has 0 bridgehead atoms. The quantitative estimate of drug-likeness (QED) is 0.618. The van der Waals surface area contributed by atoms with Gasteiger partial charge in [-0.05, 0) is 18.6 Å². The molecule has 0 N–H and O–H groups in total. The molecule has 1 aromatic rings. The summed E-state index contributed by atoms with van der Waals surface area (Å²) in [7, 11) is 1.36. The highest BCUT2D eigenvalue weighted by Crippen LogP contribution is 2.26. The Kier molecular flexibility index (Phi) is 4.71. The van der Waals surface area contributed by atoms with Gasteiger partial charge in [0.25, 0.3) is 0 Å². The number of benzene rings is 1. The highest BCUT2D eigenvalue weighted by atomic mass is 16.7. The summed E-state index contributed by atoms with van der Waals surface area (Å²) in [6, 6.07) is 7.07. The van der Waals surface area contributed by atoms with Crippen molar-refractivity contribution in [2.24, 2.45) is 5.92 Å². The van der Waals surface area contributed by atoms with Crippen LogP contribution in [-0.2, 0) is 14.2 Å². The van der Waals surface area contributed by atoms with Crippen LogP contribution in [-0.4, -0.2) is 26.3 Å². The molecule has 0 aromatic heterocycles. The predicted octanol–water partition coefficient (Wildman–Crippen LogP) is 2.71. The lowest BCUT2D eigenvalue weighted by molar-refractivity contribution is -0.204. The molecule has 0 spiro atoms. The number of methoxy groups -OCH3 is 1. The van der Waals surface area contributed by atoms with Crippen LogP contribution in [0.1, 0.15) is 28.6 Å². The van der Waals surface area contributed by atoms with Crippen molar-refractivity contribution in [1.82, 2.24) is 0 Å². The van der Waals surface area contributed by atoms with Crippen molar-refractivity contribution in [2.45, 2.75) is 12.7 Å². The minimum Gasteiger partial charge on any atom is -0.465 e. The van der Waals surface area contributed by atoms with E-state index in [9.17, 15) is 4.79 Å². The van der Waals surface area contributed by atoms with Crippen molar-refractivity contribution in [3.05, 3.63) is 48.0 Å². The molecule has 0 aliphatic carbocycles. The SMILES string of the molecule is C=CCC1COC(c2ccc(C(=O)OC)cc2)OC1. The normalized spacial score (nSPS) is 22.8. The van der Waals surface area contributed by atoms with E-state index in [-0.39, 0.29) is 12.3 Å². The first-order chi connectivity index (χ1) is 9.24. The number of hydrogen-bond acceptors (Lipinski definition) is 4. The third kappa shape index (κ3) is 3.43. The number of carbonyl (C=O) groups is 1. The molecule has 19 heavy (non-hydrogen) atoms. The van der Waals surface area contributed by atoms with E-state index >= 15 is 0 Å². The minimum absolute atomic E-state index is 0.344. The Bertz CT molecular complexity index is 430. The van der Waals surface area contributed by atoms with Crippen LogP contribution in [0.5, 0.6) is 0 Å². The molecule has 0 atom stereocenters. The van der Waals surface area contributed by atoms with Crippen LogP contribution in [0.2, 0.25) is 0 Å². The zero-order valence-corrected chi connectivity index (χ0v) is 11.0. The van der Waals surface area contributed by atoms with Gasteiger partial charge in [-0.15, -0.1) is 6.58 Å². The summed E-state index contributed by atoms with van der Waals surface area (Å²) in [5.74, 6) is 0.0335. The molecule has 1 saturated heterocycles. The van der Waals surface area contributed by atoms with Gasteiger partial charge in [0, 0.05) is 11.5 Å². The van der Waals surface area contributed by atoms with Gasteiger partial charge >= 0.3 is 5.97 Å². The molecule has 102 valence electrons. The summed E-state index contributed by atoms with van der Waals surface area (Å²) >= 11 is 0. The van der Waals surface area contributed by atoms with Crippen LogP contribution in [0, 0.1) is 5.92 Å². The molecule has 1 aromatic carbocycles. The fourth-order valence-corrected chi connectivity index (χ4v) is 2.00. The van der Waals surface area contributed by atoms with Gasteiger partial charge in [0.05, 0.1) is 25.9 Å². The van der Waals surface area contributed by atoms with Crippen molar-refractivity contribution in [1.29, 1.82) is 0 Å². The van der Waals surface area contributed by atoms with Gasteiger partial charge in [0.1, 0.15) is 0 Å². The predicted molar refractivity (Wildman–Crippen MR) is 70.7 cm³/mol. The van der Waals surface area contributed by atoms with Gasteiger partial charge in [-0.1, -0.05) is 18.2 Å². The average Bonchev–Trinajstić information content (AvgIpc) is 2.48. The van der Waals surface area contributed by atoms with Gasteiger partial charge in [0.2, 0.25) is 0 Å². The molecule has 0 radical (unpaired) electrons. The van der Waals surface area contributed by atoms with Crippen molar-refractivity contribution < 1.29 is 19.0 Å². The molecule has 1 heterocycles. The van der Waals surface area contributed by atoms with E-state index in [4.69, 9.17) is 9.47 Å². The first kappa shape index (κ1) is 13.8. The van der Waals surface area contributed by atoms with E-state index in [1.54, 1.807) is 12.1 Å². The molecule has 2 rings (SSSR count). The maximum absolute atomic E-state index is 11.3. The smallest absolute Gasteiger partial charge is 0.337 e. The van der Waals surface area contributed by atoms with Gasteiger partial charge in [-0.25, -0.2) is 4.79 Å². The van der Waals surface area contributed by atoms with Crippen LogP contribution < -0.4 is 0 Å². The molecule has 0 amide bonds. The highest BCUT2D eigenvalue weighted by molar-refractivity contribution is 5.89. The molecular formula is C15H18O4. The van der Waals surface area contributed by atoms with Crippen molar-refractivity contribution in [3.63, 3.8) is 0 Å². The second-order valence-electron chi connectivity index (χ2n) is 4.50. The Morgan fingerprint density at radius 2 is 2.00 bits per heavy atom. The van der Waals surface area contributed by atoms with Crippen LogP contribution in [0.3, 0.4) is 0 Å². The fourth-order valence-electron chi connectivity index (χ4n) is 2.00. The average molecular weight is 262 g/mol. The number of allylic oxidation sites excluding steroid dienone is 1. The van der Waals surface area contributed by atoms with E-state index in [2.05, 4.69) is 11.3 Å². The van der Waals surface area contributed by atoms with Crippen molar-refractivity contribution in [2.75, 3.05) is 20.3 Å². The molecule has 4 nitrogen and oxygen atoms in total. The van der Waals surface area contributed by atoms with Crippen molar-refractivity contribution >= 4 is 5.97 Å². The van der Waals surface area contributed by atoms with Crippen LogP contribution in [0.4, 0.5) is 0 Å². The summed E-state index contributed by atoms with van der Waals surface area (Å²) in [6.07, 6.45) is 2.42. The largest absolute Gasteiger partial charge is 0.465 e. The first-order valence-electron chi connectivity index (χ1n) is 6.27. The van der Waals surface area contributed by atoms with Gasteiger partial charge in [-0.2, -0.15) is 0 Å². The number of esters is 1. The van der Waals surface area contributed by atoms with E-state index < -0.39 is 0 Å². The monoisotopic (exact) mass is 262 g/mol. The van der Waals surface area contributed by atoms with Gasteiger partial charge < -0.3 is 14.2 Å². The van der Waals surface area contributed by atoms with Crippen LogP contribution in [0.15, 0.2) is 36.9 Å². The number of hydrogen-bond donors (Lipinski definition) is 0. The summed E-state index contributed by atoms with van der Waals surface area (Å²) in [6.45, 7) is 5.04. The lowest BCUT2D eigenvalue weighted by Gasteiger charge is -2.29. The summed E-state index contributed by atoms with van der Waals surface area (Å²) < 4.78 is 16.0. The lowest BCUT2D eigenvalue weighted by atomic mass is 10.1. The van der Waals surface area contributed by atoms with E-state index in [0.29, 0.717) is 24.7 Å². The number of carbonyl (C=O) groups excluding carboxylic acids is 1. The molecule has 1 fully saturated rings. The van der Waals surface area contributed by atoms with Crippen molar-refractivity contribution in [3.8, 4) is 0 Å². The molecule has 1 aliphatic heterocycles. The van der Waals surface area contributed by atoms with E-state index in [0.717, 1.165) is 12.0 Å². The Morgan fingerprint density at radius 1 is 1.37 bits per heavy atom. The maximum atomic E-state index is 11.3. The third-order valence-corrected chi connectivity index (χ3v) is 3.07. The highest BCUT2D eigenvalue weighted by Gasteiger charge is 2.22. The third-order valence-electron chi connectivity index (χ3n) is 3.07. The number of rotatable bonds is 4. The minimum atomic E-state index is -0.354. The summed E-state index contributed by atoms with van der Waals surface area (Å²) in [5, 5.41) is 0. The van der Waals surface area contributed by atoms with Crippen LogP contribution >= 0.6 is 0 Å². The fraction of sp³-hybridized carbons (Fsp3) is 0.400. The molecule has 4 heteroatoms. The topological polar surface area (TPSA) is 44.8 Å². The molecule has 0 unspecified atom stereocenters. The molecule has 1 aliphatic rings. The lowest BCUT2D eigenvalue weighted by Crippen LogP contribution is -2.26. The Labute approximate surface area is 113 Å². The van der Waals surface area contributed by atoms with Gasteiger partial charge in [-0.3, -0.25) is 0 Å². The zero-order chi connectivity index (χ0) is 13.7.